The van der Waals surface area contributed by atoms with Gasteiger partial charge in [-0.05, 0) is 38.8 Å². The van der Waals surface area contributed by atoms with E-state index in [4.69, 9.17) is 4.52 Å². The molecule has 1 amide bonds. The second kappa shape index (κ2) is 5.92. The molecule has 2 aromatic heterocycles. The van der Waals surface area contributed by atoms with Crippen molar-refractivity contribution in [3.63, 3.8) is 0 Å². The van der Waals surface area contributed by atoms with Gasteiger partial charge in [0.25, 0.3) is 0 Å². The lowest BCUT2D eigenvalue weighted by Gasteiger charge is -2.36. The highest BCUT2D eigenvalue weighted by molar-refractivity contribution is 5.81. The van der Waals surface area contributed by atoms with Crippen molar-refractivity contribution in [2.24, 2.45) is 5.92 Å². The molecule has 5 heterocycles. The van der Waals surface area contributed by atoms with Gasteiger partial charge < -0.3 is 14.3 Å². The quantitative estimate of drug-likeness (QED) is 0.866. The lowest BCUT2D eigenvalue weighted by Crippen LogP contribution is -2.47. The molecular weight excluding hydrogens is 304 g/mol. The van der Waals surface area contributed by atoms with Gasteiger partial charge in [0.2, 0.25) is 5.91 Å². The van der Waals surface area contributed by atoms with E-state index in [9.17, 15) is 4.79 Å². The minimum Gasteiger partial charge on any atom is -0.369 e. The zero-order valence-corrected chi connectivity index (χ0v) is 14.1. The van der Waals surface area contributed by atoms with Gasteiger partial charge in [0.05, 0.1) is 18.2 Å². The van der Waals surface area contributed by atoms with Crippen LogP contribution in [0.2, 0.25) is 0 Å². The van der Waals surface area contributed by atoms with Crippen LogP contribution in [0.15, 0.2) is 29.0 Å². The number of piperidine rings is 1. The molecule has 126 valence electrons. The fourth-order valence-electron chi connectivity index (χ4n) is 3.91. The van der Waals surface area contributed by atoms with Crippen LogP contribution in [0.1, 0.15) is 29.9 Å². The van der Waals surface area contributed by atoms with Crippen molar-refractivity contribution < 1.29 is 9.32 Å². The molecule has 6 nitrogen and oxygen atoms in total. The molecule has 3 saturated heterocycles. The summed E-state index contributed by atoms with van der Waals surface area (Å²) in [5, 5.41) is 4.02. The molecule has 0 spiro atoms. The Kier molecular flexibility index (Phi) is 3.75. The minimum absolute atomic E-state index is 0.0670. The number of carbonyl (C=O) groups excluding carboxylic acids is 1. The fraction of sp³-hybridized carbons (Fsp3) is 0.500. The molecule has 3 aliphatic heterocycles. The third kappa shape index (κ3) is 2.56. The summed E-state index contributed by atoms with van der Waals surface area (Å²) >= 11 is 0. The highest BCUT2D eigenvalue weighted by atomic mass is 16.5. The molecule has 3 aliphatic rings. The van der Waals surface area contributed by atoms with Crippen molar-refractivity contribution in [3.8, 4) is 0 Å². The topological polar surface area (TPSA) is 62.5 Å². The van der Waals surface area contributed by atoms with Gasteiger partial charge in [0.1, 0.15) is 5.76 Å². The Labute approximate surface area is 141 Å². The summed E-state index contributed by atoms with van der Waals surface area (Å²) in [6, 6.07) is 4.28. The molecule has 2 bridgehead atoms. The molecule has 0 aromatic carbocycles. The highest BCUT2D eigenvalue weighted by Crippen LogP contribution is 2.33. The molecule has 0 N–H and O–H groups in total. The van der Waals surface area contributed by atoms with Crippen LogP contribution in [-0.2, 0) is 11.3 Å². The SMILES string of the molecule is Cc1noc(C)c1CN1C(=O)[C@@H]2CC[C@H]1CN(c1ccncc1)C2. The average molecular weight is 326 g/mol. The van der Waals surface area contributed by atoms with Crippen molar-refractivity contribution >= 4 is 11.6 Å². The van der Waals surface area contributed by atoms with E-state index < -0.39 is 0 Å². The Hall–Kier alpha value is -2.37. The second-order valence-electron chi connectivity index (χ2n) is 6.81. The number of carbonyl (C=O) groups is 1. The zero-order chi connectivity index (χ0) is 16.7. The summed E-state index contributed by atoms with van der Waals surface area (Å²) in [7, 11) is 0. The van der Waals surface area contributed by atoms with E-state index in [1.165, 1.54) is 0 Å². The average Bonchev–Trinajstić information content (AvgIpc) is 2.79. The van der Waals surface area contributed by atoms with Crippen LogP contribution in [0, 0.1) is 19.8 Å². The molecule has 0 saturated carbocycles. The molecular formula is C18H22N4O2. The van der Waals surface area contributed by atoms with Crippen LogP contribution in [0.5, 0.6) is 0 Å². The third-order valence-corrected chi connectivity index (χ3v) is 5.33. The van der Waals surface area contributed by atoms with Gasteiger partial charge >= 0.3 is 0 Å². The molecule has 0 radical (unpaired) electrons. The standard InChI is InChI=1S/C18H22N4O2/c1-12-17(13(2)24-20-12)11-22-16-4-3-14(18(22)23)9-21(10-16)15-5-7-19-8-6-15/h5-8,14,16H,3-4,9-11H2,1-2H3/t14-,16+/m1/s1. The van der Waals surface area contributed by atoms with Gasteiger partial charge in [-0.1, -0.05) is 5.16 Å². The van der Waals surface area contributed by atoms with Crippen molar-refractivity contribution in [2.45, 2.75) is 39.3 Å². The van der Waals surface area contributed by atoms with Gasteiger partial charge in [-0.2, -0.15) is 0 Å². The number of pyridine rings is 1. The number of rotatable bonds is 3. The maximum atomic E-state index is 13.0. The molecule has 0 aliphatic carbocycles. The first-order valence-corrected chi connectivity index (χ1v) is 8.50. The Morgan fingerprint density at radius 2 is 2.00 bits per heavy atom. The van der Waals surface area contributed by atoms with Crippen LogP contribution in [0.4, 0.5) is 5.69 Å². The van der Waals surface area contributed by atoms with Gasteiger partial charge in [-0.15, -0.1) is 0 Å². The van der Waals surface area contributed by atoms with Gasteiger partial charge in [0.15, 0.2) is 0 Å². The van der Waals surface area contributed by atoms with Crippen LogP contribution < -0.4 is 4.90 Å². The molecule has 5 rings (SSSR count). The highest BCUT2D eigenvalue weighted by Gasteiger charge is 2.41. The van der Waals surface area contributed by atoms with Crippen LogP contribution in [0.3, 0.4) is 0 Å². The Morgan fingerprint density at radius 3 is 2.71 bits per heavy atom. The van der Waals surface area contributed by atoms with Crippen LogP contribution in [0.25, 0.3) is 0 Å². The molecule has 3 fully saturated rings. The first kappa shape index (κ1) is 15.2. The number of hydrogen-bond donors (Lipinski definition) is 0. The van der Waals surface area contributed by atoms with Crippen molar-refractivity contribution in [2.75, 3.05) is 18.0 Å². The third-order valence-electron chi connectivity index (χ3n) is 5.33. The lowest BCUT2D eigenvalue weighted by molar-refractivity contribution is -0.140. The van der Waals surface area contributed by atoms with Gasteiger partial charge in [-0.25, -0.2) is 0 Å². The lowest BCUT2D eigenvalue weighted by atomic mass is 9.93. The van der Waals surface area contributed by atoms with E-state index in [0.717, 1.165) is 48.6 Å². The van der Waals surface area contributed by atoms with E-state index in [2.05, 4.69) is 15.0 Å². The number of amides is 1. The molecule has 2 atom stereocenters. The van der Waals surface area contributed by atoms with Crippen molar-refractivity contribution in [1.82, 2.24) is 15.0 Å². The van der Waals surface area contributed by atoms with Gasteiger partial charge in [-0.3, -0.25) is 9.78 Å². The Bertz CT molecular complexity index is 723. The monoisotopic (exact) mass is 326 g/mol. The van der Waals surface area contributed by atoms with Crippen molar-refractivity contribution in [3.05, 3.63) is 41.5 Å². The first-order valence-electron chi connectivity index (χ1n) is 8.50. The number of hydrogen-bond acceptors (Lipinski definition) is 5. The number of aromatic nitrogens is 2. The largest absolute Gasteiger partial charge is 0.369 e. The summed E-state index contributed by atoms with van der Waals surface area (Å²) < 4.78 is 5.27. The Balaban J connectivity index is 1.60. The summed E-state index contributed by atoms with van der Waals surface area (Å²) in [4.78, 5) is 21.4. The molecule has 24 heavy (non-hydrogen) atoms. The maximum Gasteiger partial charge on any atom is 0.228 e. The minimum atomic E-state index is 0.0670. The molecule has 6 heteroatoms. The number of anilines is 1. The van der Waals surface area contributed by atoms with E-state index in [0.29, 0.717) is 6.54 Å². The number of aryl methyl sites for hydroxylation is 2. The van der Waals surface area contributed by atoms with E-state index >= 15 is 0 Å². The number of fused-ring (bicyclic) bond motifs is 4. The van der Waals surface area contributed by atoms with E-state index in [1.807, 2.05) is 43.3 Å². The summed E-state index contributed by atoms with van der Waals surface area (Å²) in [6.45, 7) is 6.12. The fourth-order valence-corrected chi connectivity index (χ4v) is 3.91. The number of nitrogens with zero attached hydrogens (tertiary/aromatic N) is 4. The predicted molar refractivity (Wildman–Crippen MR) is 89.5 cm³/mol. The van der Waals surface area contributed by atoms with E-state index in [1.54, 1.807) is 0 Å². The second-order valence-corrected chi connectivity index (χ2v) is 6.81. The predicted octanol–water partition coefficient (Wildman–Crippen LogP) is 2.31. The summed E-state index contributed by atoms with van der Waals surface area (Å²) in [5.74, 6) is 1.15. The normalized spacial score (nSPS) is 23.7. The van der Waals surface area contributed by atoms with Gasteiger partial charge in [0, 0.05) is 42.8 Å². The van der Waals surface area contributed by atoms with Crippen molar-refractivity contribution in [1.29, 1.82) is 0 Å². The van der Waals surface area contributed by atoms with Crippen LogP contribution in [-0.4, -0.2) is 40.1 Å². The summed E-state index contributed by atoms with van der Waals surface area (Å²) in [6.07, 6.45) is 5.65. The smallest absolute Gasteiger partial charge is 0.228 e. The summed E-state index contributed by atoms with van der Waals surface area (Å²) in [5.41, 5.74) is 3.08. The van der Waals surface area contributed by atoms with Crippen LogP contribution >= 0.6 is 0 Å². The first-order chi connectivity index (χ1) is 11.6. The zero-order valence-electron chi connectivity index (χ0n) is 14.1. The van der Waals surface area contributed by atoms with E-state index in [-0.39, 0.29) is 17.9 Å². The maximum absolute atomic E-state index is 13.0. The molecule has 2 aromatic rings. The Morgan fingerprint density at radius 1 is 1.21 bits per heavy atom. The molecule has 0 unspecified atom stereocenters.